The lowest BCUT2D eigenvalue weighted by Gasteiger charge is -2.22. The van der Waals surface area contributed by atoms with Crippen LogP contribution in [0.15, 0.2) is 52.0 Å². The van der Waals surface area contributed by atoms with Crippen LogP contribution in [0.1, 0.15) is 67.1 Å². The van der Waals surface area contributed by atoms with E-state index >= 15 is 0 Å². The van der Waals surface area contributed by atoms with Crippen LogP contribution in [0.4, 0.5) is 0 Å². The first-order valence-electron chi connectivity index (χ1n) is 9.99. The van der Waals surface area contributed by atoms with E-state index in [4.69, 9.17) is 0 Å². The predicted octanol–water partition coefficient (Wildman–Crippen LogP) is 4.12. The molecule has 4 rings (SSSR count). The zero-order valence-corrected chi connectivity index (χ0v) is 16.3. The van der Waals surface area contributed by atoms with Gasteiger partial charge in [-0.05, 0) is 79.9 Å². The minimum absolute atomic E-state index is 0.174. The fourth-order valence-corrected chi connectivity index (χ4v) is 4.33. The number of rotatable bonds is 5. The number of hydrogen-bond donors (Lipinski definition) is 3. The minimum atomic E-state index is -1.17. The van der Waals surface area contributed by atoms with Crippen molar-refractivity contribution in [2.75, 3.05) is 6.54 Å². The molecule has 1 saturated heterocycles. The molecule has 5 nitrogen and oxygen atoms in total. The van der Waals surface area contributed by atoms with Crippen molar-refractivity contribution in [1.29, 1.82) is 0 Å². The number of aromatic carboxylic acids is 1. The van der Waals surface area contributed by atoms with Crippen molar-refractivity contribution in [3.63, 3.8) is 0 Å². The molecule has 0 bridgehead atoms. The number of carboxylic acids is 1. The smallest absolute Gasteiger partial charge is 0.341 e. The van der Waals surface area contributed by atoms with Gasteiger partial charge in [-0.1, -0.05) is 18.2 Å². The van der Waals surface area contributed by atoms with E-state index in [9.17, 15) is 14.7 Å². The molecule has 2 heterocycles. The van der Waals surface area contributed by atoms with Gasteiger partial charge in [-0.2, -0.15) is 0 Å². The lowest BCUT2D eigenvalue weighted by Crippen LogP contribution is -2.20. The Morgan fingerprint density at radius 1 is 1.21 bits per heavy atom. The van der Waals surface area contributed by atoms with Crippen molar-refractivity contribution in [3.05, 3.63) is 74.4 Å². The summed E-state index contributed by atoms with van der Waals surface area (Å²) in [4.78, 5) is 26.7. The molecule has 0 radical (unpaired) electrons. The third-order valence-corrected chi connectivity index (χ3v) is 5.97. The zero-order chi connectivity index (χ0) is 19.8. The third-order valence-electron chi connectivity index (χ3n) is 5.97. The molecular formula is C23H26N2O3. The molecule has 0 amide bonds. The first-order chi connectivity index (χ1) is 13.5. The van der Waals surface area contributed by atoms with Crippen LogP contribution in [0, 0.1) is 5.92 Å². The molecule has 146 valence electrons. The highest BCUT2D eigenvalue weighted by atomic mass is 16.4. The summed E-state index contributed by atoms with van der Waals surface area (Å²) in [5.41, 5.74) is 5.72. The molecule has 1 atom stereocenters. The summed E-state index contributed by atoms with van der Waals surface area (Å²) in [6.45, 7) is 5.04. The minimum Gasteiger partial charge on any atom is -0.477 e. The molecule has 0 aromatic carbocycles. The lowest BCUT2D eigenvalue weighted by molar-refractivity contribution is 0.0695. The van der Waals surface area contributed by atoms with Crippen LogP contribution in [-0.4, -0.2) is 22.6 Å². The Labute approximate surface area is 164 Å². The molecule has 2 fully saturated rings. The van der Waals surface area contributed by atoms with E-state index in [1.165, 1.54) is 11.3 Å². The van der Waals surface area contributed by atoms with Crippen molar-refractivity contribution in [3.8, 4) is 0 Å². The first kappa shape index (κ1) is 18.5. The Kier molecular flexibility index (Phi) is 4.84. The summed E-state index contributed by atoms with van der Waals surface area (Å²) in [5, 5.41) is 12.8. The second-order valence-electron chi connectivity index (χ2n) is 7.89. The maximum absolute atomic E-state index is 12.4. The average Bonchev–Trinajstić information content (AvgIpc) is 3.41. The number of carboxylic acid groups (broad SMARTS) is 1. The summed E-state index contributed by atoms with van der Waals surface area (Å²) < 4.78 is 0. The van der Waals surface area contributed by atoms with Crippen molar-refractivity contribution in [2.24, 2.45) is 5.92 Å². The number of nitrogens with one attached hydrogen (secondary N) is 2. The van der Waals surface area contributed by atoms with Crippen LogP contribution >= 0.6 is 0 Å². The molecule has 1 aromatic heterocycles. The number of hydrogen-bond acceptors (Lipinski definition) is 3. The molecule has 1 saturated carbocycles. The number of H-pyrrole nitrogens is 1. The maximum atomic E-state index is 12.4. The van der Waals surface area contributed by atoms with Gasteiger partial charge in [0, 0.05) is 23.9 Å². The summed E-state index contributed by atoms with van der Waals surface area (Å²) in [6, 6.07) is 1.58. The summed E-state index contributed by atoms with van der Waals surface area (Å²) in [7, 11) is 0. The molecule has 1 aromatic rings. The SMILES string of the molecule is C/C=C\C(C1=CC=C2NCCC2C1)=C(\C)c1[nH]c(=O)c(C(=O)O)cc1C1CC1. The van der Waals surface area contributed by atoms with E-state index in [0.717, 1.165) is 54.6 Å². The Bertz CT molecular complexity index is 1000. The molecule has 0 spiro atoms. The maximum Gasteiger partial charge on any atom is 0.341 e. The molecule has 3 N–H and O–H groups in total. The molecule has 2 aliphatic carbocycles. The van der Waals surface area contributed by atoms with E-state index < -0.39 is 11.5 Å². The van der Waals surface area contributed by atoms with Crippen LogP contribution < -0.4 is 10.9 Å². The largest absolute Gasteiger partial charge is 0.477 e. The number of aromatic nitrogens is 1. The van der Waals surface area contributed by atoms with Crippen LogP contribution in [0.2, 0.25) is 0 Å². The topological polar surface area (TPSA) is 82.2 Å². The van der Waals surface area contributed by atoms with Gasteiger partial charge >= 0.3 is 5.97 Å². The number of carbonyl (C=O) groups is 1. The lowest BCUT2D eigenvalue weighted by atomic mass is 9.84. The monoisotopic (exact) mass is 378 g/mol. The van der Waals surface area contributed by atoms with Gasteiger partial charge in [-0.3, -0.25) is 4.79 Å². The molecule has 28 heavy (non-hydrogen) atoms. The average molecular weight is 378 g/mol. The molecule has 1 unspecified atom stereocenters. The molecule has 3 aliphatic rings. The van der Waals surface area contributed by atoms with Gasteiger partial charge < -0.3 is 15.4 Å². The van der Waals surface area contributed by atoms with Gasteiger partial charge in [0.05, 0.1) is 0 Å². The Morgan fingerprint density at radius 2 is 2.00 bits per heavy atom. The van der Waals surface area contributed by atoms with E-state index in [1.54, 1.807) is 6.07 Å². The Hall–Kier alpha value is -2.82. The fraction of sp³-hybridized carbons (Fsp3) is 0.391. The van der Waals surface area contributed by atoms with Crippen molar-refractivity contribution >= 4 is 11.5 Å². The van der Waals surface area contributed by atoms with E-state index in [0.29, 0.717) is 11.8 Å². The second kappa shape index (κ2) is 7.30. The normalized spacial score (nSPS) is 22.3. The standard InChI is InChI=1S/C23H26N2O3/c1-3-4-17(15-7-8-20-16(11-15)9-10-24-20)13(2)21-18(14-5-6-14)12-19(23(27)28)22(26)25-21/h3-4,7-8,12,14,16,24H,5-6,9-11H2,1-2H3,(H,25,26)(H,27,28)/b4-3-,17-13+. The van der Waals surface area contributed by atoms with Gasteiger partial charge in [0.25, 0.3) is 5.56 Å². The zero-order valence-electron chi connectivity index (χ0n) is 16.3. The Morgan fingerprint density at radius 3 is 2.68 bits per heavy atom. The van der Waals surface area contributed by atoms with Crippen molar-refractivity contribution in [2.45, 2.75) is 45.4 Å². The highest BCUT2D eigenvalue weighted by Crippen LogP contribution is 2.44. The van der Waals surface area contributed by atoms with Crippen LogP contribution in [0.25, 0.3) is 5.57 Å². The molecule has 5 heteroatoms. The third kappa shape index (κ3) is 3.37. The van der Waals surface area contributed by atoms with Crippen molar-refractivity contribution < 1.29 is 9.90 Å². The van der Waals surface area contributed by atoms with Gasteiger partial charge in [-0.15, -0.1) is 0 Å². The van der Waals surface area contributed by atoms with E-state index in [1.807, 2.05) is 19.9 Å². The summed E-state index contributed by atoms with van der Waals surface area (Å²) >= 11 is 0. The number of allylic oxidation sites excluding steroid dienone is 8. The Balaban J connectivity index is 1.84. The summed E-state index contributed by atoms with van der Waals surface area (Å²) in [5.74, 6) is -0.312. The quantitative estimate of drug-likeness (QED) is 0.673. The van der Waals surface area contributed by atoms with Gasteiger partial charge in [0.1, 0.15) is 5.56 Å². The predicted molar refractivity (Wildman–Crippen MR) is 110 cm³/mol. The summed E-state index contributed by atoms with van der Waals surface area (Å²) in [6.07, 6.45) is 12.7. The number of aromatic amines is 1. The highest BCUT2D eigenvalue weighted by molar-refractivity contribution is 5.88. The van der Waals surface area contributed by atoms with Crippen LogP contribution in [0.3, 0.4) is 0 Å². The van der Waals surface area contributed by atoms with Crippen LogP contribution in [-0.2, 0) is 0 Å². The molecular weight excluding hydrogens is 352 g/mol. The highest BCUT2D eigenvalue weighted by Gasteiger charge is 2.30. The fourth-order valence-electron chi connectivity index (χ4n) is 4.33. The molecule has 1 aliphatic heterocycles. The number of pyridine rings is 1. The van der Waals surface area contributed by atoms with Gasteiger partial charge in [0.15, 0.2) is 0 Å². The van der Waals surface area contributed by atoms with Crippen LogP contribution in [0.5, 0.6) is 0 Å². The van der Waals surface area contributed by atoms with Crippen molar-refractivity contribution in [1.82, 2.24) is 10.3 Å². The van der Waals surface area contributed by atoms with Gasteiger partial charge in [-0.25, -0.2) is 4.79 Å². The van der Waals surface area contributed by atoms with E-state index in [-0.39, 0.29) is 5.56 Å². The first-order valence-corrected chi connectivity index (χ1v) is 9.99. The van der Waals surface area contributed by atoms with E-state index in [2.05, 4.69) is 28.5 Å². The number of fused-ring (bicyclic) bond motifs is 1. The second-order valence-corrected chi connectivity index (χ2v) is 7.89. The van der Waals surface area contributed by atoms with Gasteiger partial charge in [0.2, 0.25) is 0 Å².